The lowest BCUT2D eigenvalue weighted by atomic mass is 10.2. The maximum atomic E-state index is 13.0. The highest BCUT2D eigenvalue weighted by atomic mass is 32.2. The van der Waals surface area contributed by atoms with E-state index in [1.165, 1.54) is 21.0 Å². The van der Waals surface area contributed by atoms with E-state index in [-0.39, 0.29) is 36.0 Å². The monoisotopic (exact) mass is 412 g/mol. The molecular formula is C17H24N4O4S2. The second-order valence-corrected chi connectivity index (χ2v) is 10.5. The normalized spacial score (nSPS) is 17.3. The first-order valence-electron chi connectivity index (χ1n) is 8.76. The molecule has 1 aliphatic rings. The summed E-state index contributed by atoms with van der Waals surface area (Å²) in [5.41, 5.74) is 1.55. The van der Waals surface area contributed by atoms with Gasteiger partial charge < -0.3 is 0 Å². The minimum atomic E-state index is -3.67. The molecule has 0 radical (unpaired) electrons. The highest BCUT2D eigenvalue weighted by molar-refractivity contribution is 7.89. The van der Waals surface area contributed by atoms with Crippen molar-refractivity contribution >= 4 is 20.0 Å². The molecule has 0 amide bonds. The van der Waals surface area contributed by atoms with Gasteiger partial charge in [0.25, 0.3) is 0 Å². The molecule has 3 rings (SSSR count). The number of aromatic nitrogens is 2. The Balaban J connectivity index is 1.77. The molecule has 148 valence electrons. The van der Waals surface area contributed by atoms with Crippen molar-refractivity contribution in [1.29, 1.82) is 0 Å². The van der Waals surface area contributed by atoms with Crippen molar-refractivity contribution in [2.45, 2.75) is 37.1 Å². The molecule has 0 N–H and O–H groups in total. The Morgan fingerprint density at radius 1 is 0.963 bits per heavy atom. The first-order valence-corrected chi connectivity index (χ1v) is 11.6. The Morgan fingerprint density at radius 3 is 2.11 bits per heavy atom. The number of aryl methyl sites for hydroxylation is 3. The number of benzene rings is 1. The minimum absolute atomic E-state index is 0.115. The van der Waals surface area contributed by atoms with Crippen molar-refractivity contribution in [3.63, 3.8) is 0 Å². The van der Waals surface area contributed by atoms with Gasteiger partial charge in [0.2, 0.25) is 20.0 Å². The third-order valence-corrected chi connectivity index (χ3v) is 8.62. The van der Waals surface area contributed by atoms with E-state index in [0.29, 0.717) is 12.1 Å². The Hall–Kier alpha value is -1.75. The summed E-state index contributed by atoms with van der Waals surface area (Å²) in [5, 5.41) is 4.01. The molecule has 0 saturated carbocycles. The zero-order chi connectivity index (χ0) is 19.8. The van der Waals surface area contributed by atoms with Crippen LogP contribution >= 0.6 is 0 Å². The summed E-state index contributed by atoms with van der Waals surface area (Å²) in [4.78, 5) is 0.415. The molecule has 0 unspecified atom stereocenters. The lowest BCUT2D eigenvalue weighted by Crippen LogP contribution is -2.50. The molecule has 0 aliphatic carbocycles. The van der Waals surface area contributed by atoms with E-state index in [1.807, 2.05) is 19.9 Å². The summed E-state index contributed by atoms with van der Waals surface area (Å²) in [6.07, 6.45) is 2.83. The smallest absolute Gasteiger partial charge is 0.246 e. The third kappa shape index (κ3) is 3.79. The average Bonchev–Trinajstić information content (AvgIpc) is 3.14. The molecule has 0 spiro atoms. The van der Waals surface area contributed by atoms with Gasteiger partial charge in [-0.25, -0.2) is 16.8 Å². The van der Waals surface area contributed by atoms with Crippen molar-refractivity contribution in [2.75, 3.05) is 26.2 Å². The molecule has 0 bridgehead atoms. The summed E-state index contributed by atoms with van der Waals surface area (Å²) in [6, 6.07) is 5.32. The SMILES string of the molecule is CCn1cc(S(=O)(=O)N2CCN(S(=O)(=O)c3cc(C)ccc3C)CC2)cn1. The van der Waals surface area contributed by atoms with E-state index < -0.39 is 20.0 Å². The minimum Gasteiger partial charge on any atom is -0.272 e. The largest absolute Gasteiger partial charge is 0.272 e. The van der Waals surface area contributed by atoms with Crippen LogP contribution in [0.4, 0.5) is 0 Å². The molecule has 1 aliphatic heterocycles. The molecule has 27 heavy (non-hydrogen) atoms. The van der Waals surface area contributed by atoms with Crippen LogP contribution in [0.1, 0.15) is 18.1 Å². The van der Waals surface area contributed by atoms with Crippen LogP contribution < -0.4 is 0 Å². The fourth-order valence-electron chi connectivity index (χ4n) is 3.07. The van der Waals surface area contributed by atoms with Gasteiger partial charge in [0.15, 0.2) is 0 Å². The summed E-state index contributed by atoms with van der Waals surface area (Å²) in [6.45, 7) is 6.54. The van der Waals surface area contributed by atoms with Gasteiger partial charge in [0.1, 0.15) is 4.90 Å². The Kier molecular flexibility index (Phi) is 5.44. The van der Waals surface area contributed by atoms with Crippen LogP contribution in [-0.4, -0.2) is 61.4 Å². The molecule has 1 aromatic carbocycles. The number of nitrogens with zero attached hydrogens (tertiary/aromatic N) is 4. The van der Waals surface area contributed by atoms with Crippen molar-refractivity contribution in [2.24, 2.45) is 0 Å². The second kappa shape index (κ2) is 7.34. The van der Waals surface area contributed by atoms with Gasteiger partial charge in [-0.1, -0.05) is 12.1 Å². The van der Waals surface area contributed by atoms with Crippen LogP contribution in [0.25, 0.3) is 0 Å². The van der Waals surface area contributed by atoms with Crippen LogP contribution in [-0.2, 0) is 26.6 Å². The van der Waals surface area contributed by atoms with Crippen LogP contribution in [0.15, 0.2) is 40.4 Å². The predicted molar refractivity (Wildman–Crippen MR) is 101 cm³/mol. The topological polar surface area (TPSA) is 92.6 Å². The van der Waals surface area contributed by atoms with E-state index in [2.05, 4.69) is 5.10 Å². The van der Waals surface area contributed by atoms with Crippen LogP contribution in [0, 0.1) is 13.8 Å². The van der Waals surface area contributed by atoms with Crippen LogP contribution in [0.2, 0.25) is 0 Å². The molecule has 2 aromatic rings. The fraction of sp³-hybridized carbons (Fsp3) is 0.471. The number of hydrogen-bond donors (Lipinski definition) is 0. The molecule has 1 aromatic heterocycles. The van der Waals surface area contributed by atoms with Gasteiger partial charge in [-0.05, 0) is 38.0 Å². The van der Waals surface area contributed by atoms with E-state index in [4.69, 9.17) is 0 Å². The summed E-state index contributed by atoms with van der Waals surface area (Å²) in [5.74, 6) is 0. The van der Waals surface area contributed by atoms with Gasteiger partial charge >= 0.3 is 0 Å². The maximum Gasteiger partial charge on any atom is 0.246 e. The molecule has 1 fully saturated rings. The zero-order valence-corrected chi connectivity index (χ0v) is 17.3. The molecular weight excluding hydrogens is 388 g/mol. The van der Waals surface area contributed by atoms with Gasteiger partial charge in [-0.3, -0.25) is 4.68 Å². The van der Waals surface area contributed by atoms with Crippen molar-refractivity contribution < 1.29 is 16.8 Å². The average molecular weight is 413 g/mol. The Bertz CT molecular complexity index is 1040. The third-order valence-electron chi connectivity index (χ3n) is 4.73. The standard InChI is InChI=1S/C17H24N4O4S2/c1-4-19-13-16(12-18-19)26(22,23)20-7-9-21(10-8-20)27(24,25)17-11-14(2)5-6-15(17)3/h5-6,11-13H,4,7-10H2,1-3H3. The fourth-order valence-corrected chi connectivity index (χ4v) is 6.18. The van der Waals surface area contributed by atoms with Gasteiger partial charge in [0.05, 0.1) is 11.1 Å². The van der Waals surface area contributed by atoms with Crippen molar-refractivity contribution in [3.8, 4) is 0 Å². The zero-order valence-electron chi connectivity index (χ0n) is 15.7. The number of sulfonamides is 2. The highest BCUT2D eigenvalue weighted by Crippen LogP contribution is 2.24. The van der Waals surface area contributed by atoms with E-state index in [0.717, 1.165) is 5.56 Å². The quantitative estimate of drug-likeness (QED) is 0.736. The maximum absolute atomic E-state index is 13.0. The highest BCUT2D eigenvalue weighted by Gasteiger charge is 2.34. The summed E-state index contributed by atoms with van der Waals surface area (Å²) in [7, 11) is -7.32. The first-order chi connectivity index (χ1) is 12.7. The van der Waals surface area contributed by atoms with E-state index in [1.54, 1.807) is 23.7 Å². The summed E-state index contributed by atoms with van der Waals surface area (Å²) < 4.78 is 55.7. The first kappa shape index (κ1) is 20.0. The van der Waals surface area contributed by atoms with Crippen molar-refractivity contribution in [3.05, 3.63) is 41.7 Å². The number of rotatable bonds is 5. The van der Waals surface area contributed by atoms with E-state index >= 15 is 0 Å². The second-order valence-electron chi connectivity index (χ2n) is 6.61. The number of piperazine rings is 1. The molecule has 2 heterocycles. The van der Waals surface area contributed by atoms with Crippen molar-refractivity contribution in [1.82, 2.24) is 18.4 Å². The van der Waals surface area contributed by atoms with Gasteiger partial charge in [-0.2, -0.15) is 13.7 Å². The predicted octanol–water partition coefficient (Wildman–Crippen LogP) is 1.22. The Labute approximate surface area is 160 Å². The van der Waals surface area contributed by atoms with Gasteiger partial charge in [-0.15, -0.1) is 0 Å². The van der Waals surface area contributed by atoms with Crippen LogP contribution in [0.3, 0.4) is 0 Å². The molecule has 10 heteroatoms. The van der Waals surface area contributed by atoms with Gasteiger partial charge in [0, 0.05) is 38.9 Å². The Morgan fingerprint density at radius 2 is 1.56 bits per heavy atom. The molecule has 0 atom stereocenters. The number of hydrogen-bond acceptors (Lipinski definition) is 5. The lowest BCUT2D eigenvalue weighted by Gasteiger charge is -2.33. The van der Waals surface area contributed by atoms with E-state index in [9.17, 15) is 16.8 Å². The lowest BCUT2D eigenvalue weighted by molar-refractivity contribution is 0.272. The van der Waals surface area contributed by atoms with Crippen LogP contribution in [0.5, 0.6) is 0 Å². The molecule has 1 saturated heterocycles. The summed E-state index contributed by atoms with van der Waals surface area (Å²) >= 11 is 0. The molecule has 8 nitrogen and oxygen atoms in total.